The molecule has 21 heavy (non-hydrogen) atoms. The van der Waals surface area contributed by atoms with E-state index in [0.717, 1.165) is 42.6 Å². The van der Waals surface area contributed by atoms with Crippen LogP contribution in [0.5, 0.6) is 0 Å². The van der Waals surface area contributed by atoms with Gasteiger partial charge < -0.3 is 15.3 Å². The van der Waals surface area contributed by atoms with E-state index in [0.29, 0.717) is 12.8 Å². The van der Waals surface area contributed by atoms with Crippen molar-refractivity contribution in [3.63, 3.8) is 0 Å². The van der Waals surface area contributed by atoms with Gasteiger partial charge in [-0.2, -0.15) is 0 Å². The van der Waals surface area contributed by atoms with Gasteiger partial charge in [-0.1, -0.05) is 22.9 Å². The second-order valence-corrected chi connectivity index (χ2v) is 6.63. The van der Waals surface area contributed by atoms with E-state index in [1.807, 2.05) is 24.3 Å². The van der Waals surface area contributed by atoms with Gasteiger partial charge in [0.05, 0.1) is 0 Å². The minimum Gasteiger partial charge on any atom is -0.480 e. The average molecular weight is 355 g/mol. The summed E-state index contributed by atoms with van der Waals surface area (Å²) < 4.78 is 0.993. The number of nitrogens with zero attached hydrogens (tertiary/aromatic N) is 1. The van der Waals surface area contributed by atoms with E-state index < -0.39 is 11.5 Å². The molecule has 1 heterocycles. The molecule has 1 saturated heterocycles. The first-order chi connectivity index (χ1) is 10.1. The van der Waals surface area contributed by atoms with Gasteiger partial charge in [0.25, 0.3) is 0 Å². The highest BCUT2D eigenvalue weighted by molar-refractivity contribution is 9.10. The SMILES string of the molecule is CCCN1CCCC(Nc2ccc(Br)cc2)(C(=O)O)CC1. The van der Waals surface area contributed by atoms with Crippen LogP contribution in [0, 0.1) is 0 Å². The second kappa shape index (κ2) is 7.27. The average Bonchev–Trinajstić information content (AvgIpc) is 2.66. The molecular weight excluding hydrogens is 332 g/mol. The van der Waals surface area contributed by atoms with Crippen molar-refractivity contribution in [3.05, 3.63) is 28.7 Å². The molecule has 4 nitrogen and oxygen atoms in total. The van der Waals surface area contributed by atoms with Crippen molar-refractivity contribution in [2.45, 2.75) is 38.1 Å². The maximum Gasteiger partial charge on any atom is 0.329 e. The van der Waals surface area contributed by atoms with Crippen LogP contribution in [0.3, 0.4) is 0 Å². The number of nitrogens with one attached hydrogen (secondary N) is 1. The minimum atomic E-state index is -0.851. The fourth-order valence-electron chi connectivity index (χ4n) is 2.93. The zero-order chi connectivity index (χ0) is 15.3. The summed E-state index contributed by atoms with van der Waals surface area (Å²) in [4.78, 5) is 14.2. The first-order valence-electron chi connectivity index (χ1n) is 7.55. The minimum absolute atomic E-state index is 0.637. The van der Waals surface area contributed by atoms with Crippen LogP contribution < -0.4 is 5.32 Å². The zero-order valence-electron chi connectivity index (χ0n) is 12.4. The summed E-state index contributed by atoms with van der Waals surface area (Å²) in [6.07, 6.45) is 3.33. The zero-order valence-corrected chi connectivity index (χ0v) is 14.0. The molecule has 0 bridgehead atoms. The van der Waals surface area contributed by atoms with Gasteiger partial charge in [-0.3, -0.25) is 0 Å². The van der Waals surface area contributed by atoms with Gasteiger partial charge in [-0.15, -0.1) is 0 Å². The number of hydrogen-bond donors (Lipinski definition) is 2. The maximum absolute atomic E-state index is 11.9. The molecule has 1 atom stereocenters. The van der Waals surface area contributed by atoms with Gasteiger partial charge in [0.15, 0.2) is 0 Å². The fourth-order valence-corrected chi connectivity index (χ4v) is 3.20. The summed E-state index contributed by atoms with van der Waals surface area (Å²) in [6, 6.07) is 7.70. The predicted octanol–water partition coefficient (Wildman–Crippen LogP) is 3.58. The summed E-state index contributed by atoms with van der Waals surface area (Å²) in [6.45, 7) is 5.04. The topological polar surface area (TPSA) is 52.6 Å². The molecule has 0 spiro atoms. The van der Waals surface area contributed by atoms with E-state index >= 15 is 0 Å². The molecule has 0 radical (unpaired) electrons. The molecule has 2 N–H and O–H groups in total. The fraction of sp³-hybridized carbons (Fsp3) is 0.562. The van der Waals surface area contributed by atoms with Crippen LogP contribution in [0.25, 0.3) is 0 Å². The number of carboxylic acid groups (broad SMARTS) is 1. The Balaban J connectivity index is 2.13. The standard InChI is InChI=1S/C16H23BrN2O2/c1-2-10-19-11-3-8-16(9-12-19,15(20)21)18-14-6-4-13(17)5-7-14/h4-7,18H,2-3,8-12H2,1H3,(H,20,21). The van der Waals surface area contributed by atoms with Crippen molar-refractivity contribution >= 4 is 27.6 Å². The molecule has 1 fully saturated rings. The molecule has 1 aliphatic heterocycles. The Morgan fingerprint density at radius 2 is 2.05 bits per heavy atom. The maximum atomic E-state index is 11.9. The lowest BCUT2D eigenvalue weighted by atomic mass is 9.90. The van der Waals surface area contributed by atoms with Crippen LogP contribution in [0.1, 0.15) is 32.6 Å². The number of carboxylic acids is 1. The number of hydrogen-bond acceptors (Lipinski definition) is 3. The van der Waals surface area contributed by atoms with Gasteiger partial charge in [-0.05, 0) is 63.0 Å². The molecule has 5 heteroatoms. The Bertz CT molecular complexity index is 478. The quantitative estimate of drug-likeness (QED) is 0.848. The van der Waals surface area contributed by atoms with Crippen LogP contribution in [-0.2, 0) is 4.79 Å². The Morgan fingerprint density at radius 1 is 1.33 bits per heavy atom. The smallest absolute Gasteiger partial charge is 0.329 e. The predicted molar refractivity (Wildman–Crippen MR) is 88.7 cm³/mol. The Morgan fingerprint density at radius 3 is 2.67 bits per heavy atom. The lowest BCUT2D eigenvalue weighted by Gasteiger charge is -2.30. The lowest BCUT2D eigenvalue weighted by Crippen LogP contribution is -2.47. The molecule has 0 aromatic heterocycles. The Labute approximate surface area is 134 Å². The summed E-state index contributed by atoms with van der Waals surface area (Å²) in [5, 5.41) is 13.0. The van der Waals surface area contributed by atoms with Crippen LogP contribution in [0.4, 0.5) is 5.69 Å². The van der Waals surface area contributed by atoms with Gasteiger partial charge in [0, 0.05) is 16.7 Å². The molecule has 2 rings (SSSR count). The molecular formula is C16H23BrN2O2. The summed E-state index contributed by atoms with van der Waals surface area (Å²) >= 11 is 3.40. The van der Waals surface area contributed by atoms with Gasteiger partial charge in [0.2, 0.25) is 0 Å². The Kier molecular flexibility index (Phi) is 5.65. The van der Waals surface area contributed by atoms with E-state index in [1.54, 1.807) is 0 Å². The van der Waals surface area contributed by atoms with E-state index in [2.05, 4.69) is 33.1 Å². The van der Waals surface area contributed by atoms with Gasteiger partial charge >= 0.3 is 5.97 Å². The van der Waals surface area contributed by atoms with E-state index in [4.69, 9.17) is 0 Å². The third kappa shape index (κ3) is 4.20. The van der Waals surface area contributed by atoms with Crippen LogP contribution >= 0.6 is 15.9 Å². The largest absolute Gasteiger partial charge is 0.480 e. The number of likely N-dealkylation sites (tertiary alicyclic amines) is 1. The molecule has 116 valence electrons. The molecule has 1 aliphatic rings. The number of anilines is 1. The third-order valence-corrected chi connectivity index (χ3v) is 4.64. The van der Waals surface area contributed by atoms with E-state index in [-0.39, 0.29) is 0 Å². The first kappa shape index (κ1) is 16.3. The summed E-state index contributed by atoms with van der Waals surface area (Å²) in [5.74, 6) is -0.747. The second-order valence-electron chi connectivity index (χ2n) is 5.71. The van der Waals surface area contributed by atoms with Crippen LogP contribution in [0.2, 0.25) is 0 Å². The van der Waals surface area contributed by atoms with Gasteiger partial charge in [-0.25, -0.2) is 4.79 Å². The van der Waals surface area contributed by atoms with E-state index in [1.165, 1.54) is 0 Å². The molecule has 0 saturated carbocycles. The number of aliphatic carboxylic acids is 1. The van der Waals surface area contributed by atoms with Crippen LogP contribution in [-0.4, -0.2) is 41.1 Å². The van der Waals surface area contributed by atoms with Crippen molar-refractivity contribution in [3.8, 4) is 0 Å². The monoisotopic (exact) mass is 354 g/mol. The molecule has 1 unspecified atom stereocenters. The summed E-state index contributed by atoms with van der Waals surface area (Å²) in [7, 11) is 0. The molecule has 0 aliphatic carbocycles. The third-order valence-electron chi connectivity index (χ3n) is 4.11. The number of halogens is 1. The van der Waals surface area contributed by atoms with Crippen LogP contribution in [0.15, 0.2) is 28.7 Å². The highest BCUT2D eigenvalue weighted by Crippen LogP contribution is 2.28. The number of rotatable bonds is 5. The normalized spacial score (nSPS) is 23.5. The highest BCUT2D eigenvalue weighted by Gasteiger charge is 2.39. The van der Waals surface area contributed by atoms with Crippen molar-refractivity contribution in [2.75, 3.05) is 25.0 Å². The summed E-state index contributed by atoms with van der Waals surface area (Å²) in [5.41, 5.74) is 0.0144. The van der Waals surface area contributed by atoms with Gasteiger partial charge in [0.1, 0.15) is 5.54 Å². The van der Waals surface area contributed by atoms with Crippen molar-refractivity contribution in [1.82, 2.24) is 4.90 Å². The number of benzene rings is 1. The Hall–Kier alpha value is -1.07. The first-order valence-corrected chi connectivity index (χ1v) is 8.34. The van der Waals surface area contributed by atoms with Crippen molar-refractivity contribution in [1.29, 1.82) is 0 Å². The van der Waals surface area contributed by atoms with Crippen molar-refractivity contribution in [2.24, 2.45) is 0 Å². The van der Waals surface area contributed by atoms with E-state index in [9.17, 15) is 9.90 Å². The number of carbonyl (C=O) groups is 1. The molecule has 0 amide bonds. The highest BCUT2D eigenvalue weighted by atomic mass is 79.9. The lowest BCUT2D eigenvalue weighted by molar-refractivity contribution is -0.142. The molecule has 1 aromatic rings. The van der Waals surface area contributed by atoms with Crippen molar-refractivity contribution < 1.29 is 9.90 Å². The molecule has 1 aromatic carbocycles.